The van der Waals surface area contributed by atoms with E-state index >= 15 is 0 Å². The van der Waals surface area contributed by atoms with Gasteiger partial charge in [0, 0.05) is 6.42 Å². The fraction of sp³-hybridized carbons (Fsp3) is 0.933. The lowest BCUT2D eigenvalue weighted by atomic mass is 10.1. The summed E-state index contributed by atoms with van der Waals surface area (Å²) < 4.78 is 12.5. The molecule has 0 heterocycles. The Bertz CT molecular complexity index is 461. The molecule has 5 heteroatoms. The minimum absolute atomic E-state index is 0.146. The van der Waals surface area contributed by atoms with E-state index in [1.807, 2.05) is 13.8 Å². The molecule has 35 heavy (non-hydrogen) atoms. The summed E-state index contributed by atoms with van der Waals surface area (Å²) in [6, 6.07) is 0. The van der Waals surface area contributed by atoms with Crippen molar-refractivity contribution in [1.82, 2.24) is 0 Å². The summed E-state index contributed by atoms with van der Waals surface area (Å²) in [4.78, 5) is 0. The van der Waals surface area contributed by atoms with Crippen LogP contribution in [0.3, 0.4) is 0 Å². The monoisotopic (exact) mass is 499 g/mol. The van der Waals surface area contributed by atoms with Gasteiger partial charge in [0.05, 0.1) is 24.4 Å². The van der Waals surface area contributed by atoms with E-state index < -0.39 is 18.1 Å². The Morgan fingerprint density at radius 3 is 1.46 bits per heavy atom. The lowest BCUT2D eigenvalue weighted by molar-refractivity contribution is -0.285. The van der Waals surface area contributed by atoms with Crippen LogP contribution >= 0.6 is 0 Å². The van der Waals surface area contributed by atoms with E-state index in [1.165, 1.54) is 70.6 Å². The van der Waals surface area contributed by atoms with Gasteiger partial charge in [0.15, 0.2) is 0 Å². The normalized spacial score (nSPS) is 17.4. The number of aliphatic hydroxyl groups is 2. The van der Waals surface area contributed by atoms with Gasteiger partial charge in [-0.25, -0.2) is 0 Å². The van der Waals surface area contributed by atoms with E-state index in [2.05, 4.69) is 19.1 Å². The summed E-state index contributed by atoms with van der Waals surface area (Å²) in [5.74, 6) is -1.18. The number of hydrogen-bond acceptors (Lipinski definition) is 5. The molecule has 0 rings (SSSR count). The van der Waals surface area contributed by atoms with Gasteiger partial charge in [0.2, 0.25) is 5.91 Å². The van der Waals surface area contributed by atoms with Crippen molar-refractivity contribution < 1.29 is 19.7 Å². The molecule has 0 bridgehead atoms. The van der Waals surface area contributed by atoms with Crippen LogP contribution in [0.4, 0.5) is 0 Å². The molecule has 4 atom stereocenters. The van der Waals surface area contributed by atoms with Crippen LogP contribution in [0.15, 0.2) is 12.2 Å². The summed E-state index contributed by atoms with van der Waals surface area (Å²) in [7, 11) is 0. The van der Waals surface area contributed by atoms with E-state index in [-0.39, 0.29) is 12.2 Å². The maximum Gasteiger partial charge on any atom is 0.225 e. The molecule has 0 aromatic rings. The van der Waals surface area contributed by atoms with E-state index in [9.17, 15) is 10.2 Å². The molecule has 0 fully saturated rings. The average molecular weight is 500 g/mol. The first-order valence-electron chi connectivity index (χ1n) is 14.9. The van der Waals surface area contributed by atoms with Gasteiger partial charge in [-0.3, -0.25) is 5.73 Å². The fourth-order valence-electron chi connectivity index (χ4n) is 4.51. The largest absolute Gasteiger partial charge is 0.393 e. The summed E-state index contributed by atoms with van der Waals surface area (Å²) >= 11 is 0. The standard InChI is InChI=1S/C30H61NO4/c1-6-9-10-11-12-13-14-15-16-17-18-19-20-21-22-23-30(31,34-28(7-2)24-26(4)32)35-29(8-3)25-27(5)33/h15-16,26-29,32-33H,6-14,17-25,31H2,1-5H3/b16-15-. The molecule has 210 valence electrons. The molecule has 0 aliphatic rings. The van der Waals surface area contributed by atoms with Crippen molar-refractivity contribution in [2.75, 3.05) is 0 Å². The zero-order valence-corrected chi connectivity index (χ0v) is 24.0. The van der Waals surface area contributed by atoms with Gasteiger partial charge in [0.25, 0.3) is 0 Å². The van der Waals surface area contributed by atoms with Gasteiger partial charge in [-0.2, -0.15) is 0 Å². The number of ether oxygens (including phenoxy) is 2. The third kappa shape index (κ3) is 21.3. The molecule has 0 saturated carbocycles. The van der Waals surface area contributed by atoms with Crippen LogP contribution in [0.25, 0.3) is 0 Å². The van der Waals surface area contributed by atoms with Gasteiger partial charge in [-0.15, -0.1) is 0 Å². The first kappa shape index (κ1) is 34.5. The van der Waals surface area contributed by atoms with Crippen LogP contribution in [0, 0.1) is 0 Å². The summed E-state index contributed by atoms with van der Waals surface area (Å²) in [6.45, 7) is 9.91. The van der Waals surface area contributed by atoms with Crippen molar-refractivity contribution in [2.45, 2.75) is 181 Å². The molecule has 0 spiro atoms. The molecule has 0 aromatic carbocycles. The molecule has 0 radical (unpaired) electrons. The molecule has 4 N–H and O–H groups in total. The first-order chi connectivity index (χ1) is 16.8. The van der Waals surface area contributed by atoms with Crippen molar-refractivity contribution in [3.63, 3.8) is 0 Å². The van der Waals surface area contributed by atoms with E-state index in [4.69, 9.17) is 15.2 Å². The number of unbranched alkanes of at least 4 members (excludes halogenated alkanes) is 11. The lowest BCUT2D eigenvalue weighted by Crippen LogP contribution is -2.51. The third-order valence-electron chi connectivity index (χ3n) is 6.64. The minimum atomic E-state index is -1.18. The molecule has 0 saturated heterocycles. The Kier molecular flexibility index (Phi) is 22.4. The summed E-state index contributed by atoms with van der Waals surface area (Å²) in [5, 5.41) is 19.6. The fourth-order valence-corrected chi connectivity index (χ4v) is 4.51. The highest BCUT2D eigenvalue weighted by atomic mass is 16.7. The first-order valence-corrected chi connectivity index (χ1v) is 14.9. The van der Waals surface area contributed by atoms with Crippen molar-refractivity contribution in [3.8, 4) is 0 Å². The third-order valence-corrected chi connectivity index (χ3v) is 6.64. The van der Waals surface area contributed by atoms with Crippen LogP contribution in [0.1, 0.15) is 150 Å². The smallest absolute Gasteiger partial charge is 0.225 e. The molecular formula is C30H61NO4. The van der Waals surface area contributed by atoms with E-state index in [0.717, 1.165) is 25.7 Å². The highest BCUT2D eigenvalue weighted by Gasteiger charge is 2.33. The second-order valence-corrected chi connectivity index (χ2v) is 10.6. The SMILES string of the molecule is CCCCCCCC/C=C\CCCCCCCC(N)(OC(CC)CC(C)O)OC(CC)CC(C)O. The van der Waals surface area contributed by atoms with Gasteiger partial charge >= 0.3 is 0 Å². The van der Waals surface area contributed by atoms with Gasteiger partial charge < -0.3 is 19.7 Å². The Balaban J connectivity index is 4.30. The van der Waals surface area contributed by atoms with Crippen LogP contribution < -0.4 is 5.73 Å². The van der Waals surface area contributed by atoms with Gasteiger partial charge in [-0.05, 0) is 71.6 Å². The summed E-state index contributed by atoms with van der Waals surface area (Å²) in [5.41, 5.74) is 6.64. The summed E-state index contributed by atoms with van der Waals surface area (Å²) in [6.07, 6.45) is 23.1. The predicted molar refractivity (Wildman–Crippen MR) is 149 cm³/mol. The zero-order valence-electron chi connectivity index (χ0n) is 24.0. The van der Waals surface area contributed by atoms with Crippen molar-refractivity contribution >= 4 is 0 Å². The van der Waals surface area contributed by atoms with Gasteiger partial charge in [-0.1, -0.05) is 84.3 Å². The van der Waals surface area contributed by atoms with Crippen LogP contribution in [-0.2, 0) is 9.47 Å². The lowest BCUT2D eigenvalue weighted by Gasteiger charge is -2.37. The number of aliphatic hydroxyl groups excluding tert-OH is 2. The number of allylic oxidation sites excluding steroid dienone is 2. The molecule has 4 unspecified atom stereocenters. The number of nitrogens with two attached hydrogens (primary N) is 1. The predicted octanol–water partition coefficient (Wildman–Crippen LogP) is 7.77. The maximum absolute atomic E-state index is 9.82. The second-order valence-electron chi connectivity index (χ2n) is 10.6. The Morgan fingerprint density at radius 2 is 1.06 bits per heavy atom. The Labute approximate surface area is 218 Å². The van der Waals surface area contributed by atoms with Crippen molar-refractivity contribution in [1.29, 1.82) is 0 Å². The van der Waals surface area contributed by atoms with Gasteiger partial charge in [0.1, 0.15) is 0 Å². The second kappa shape index (κ2) is 22.7. The zero-order chi connectivity index (χ0) is 26.4. The Hall–Kier alpha value is -0.460. The van der Waals surface area contributed by atoms with Crippen LogP contribution in [-0.4, -0.2) is 40.5 Å². The molecule has 0 aliphatic carbocycles. The Morgan fingerprint density at radius 1 is 0.657 bits per heavy atom. The highest BCUT2D eigenvalue weighted by Crippen LogP contribution is 2.25. The molecule has 0 amide bonds. The van der Waals surface area contributed by atoms with E-state index in [1.54, 1.807) is 13.8 Å². The molecule has 0 aliphatic heterocycles. The van der Waals surface area contributed by atoms with E-state index in [0.29, 0.717) is 19.3 Å². The number of rotatable bonds is 25. The maximum atomic E-state index is 9.82. The highest BCUT2D eigenvalue weighted by molar-refractivity contribution is 4.81. The minimum Gasteiger partial charge on any atom is -0.393 e. The topological polar surface area (TPSA) is 84.9 Å². The quantitative estimate of drug-likeness (QED) is 0.0678. The molecular weight excluding hydrogens is 438 g/mol. The van der Waals surface area contributed by atoms with Crippen LogP contribution in [0.5, 0.6) is 0 Å². The number of hydrogen-bond donors (Lipinski definition) is 3. The molecule has 5 nitrogen and oxygen atoms in total. The van der Waals surface area contributed by atoms with Crippen molar-refractivity contribution in [3.05, 3.63) is 12.2 Å². The molecule has 0 aromatic heterocycles. The van der Waals surface area contributed by atoms with Crippen molar-refractivity contribution in [2.24, 2.45) is 5.73 Å². The average Bonchev–Trinajstić information content (AvgIpc) is 2.80. The van der Waals surface area contributed by atoms with Crippen LogP contribution in [0.2, 0.25) is 0 Å².